The third-order valence-corrected chi connectivity index (χ3v) is 5.18. The number of ether oxygens (including phenoxy) is 2. The van der Waals surface area contributed by atoms with Crippen LogP contribution in [0.2, 0.25) is 0 Å². The number of likely N-dealkylation sites (N-methyl/N-ethyl adjacent to an activating group) is 2. The van der Waals surface area contributed by atoms with Gasteiger partial charge in [-0.05, 0) is 49.2 Å². The first kappa shape index (κ1) is 23.2. The summed E-state index contributed by atoms with van der Waals surface area (Å²) in [5.74, 6) is -0.790. The molecule has 0 bridgehead atoms. The lowest BCUT2D eigenvalue weighted by Gasteiger charge is -2.23. The van der Waals surface area contributed by atoms with Crippen molar-refractivity contribution in [1.82, 2.24) is 9.80 Å². The highest BCUT2D eigenvalue weighted by Gasteiger charge is 2.21. The zero-order chi connectivity index (χ0) is 22.3. The molecular formula is C23H30N2O5. The van der Waals surface area contributed by atoms with Crippen LogP contribution in [-0.4, -0.2) is 68.0 Å². The Kier molecular flexibility index (Phi) is 8.21. The molecule has 7 heteroatoms. The summed E-state index contributed by atoms with van der Waals surface area (Å²) in [7, 11) is 3.14. The standard InChI is InChI=1S/C23H30N2O5/c1-6-25(7-2)21(26)14-24(4)22(27)15-30-23(28)16(3)17-8-9-19-13-20(29-5)11-10-18(19)12-17/h8-13,16H,6-7,14-15H2,1-5H3/t16-/m0/s1. The quantitative estimate of drug-likeness (QED) is 0.590. The summed E-state index contributed by atoms with van der Waals surface area (Å²) in [6, 6.07) is 11.4. The van der Waals surface area contributed by atoms with Gasteiger partial charge < -0.3 is 19.3 Å². The van der Waals surface area contributed by atoms with Crippen molar-refractivity contribution >= 4 is 28.6 Å². The van der Waals surface area contributed by atoms with Crippen molar-refractivity contribution in [3.63, 3.8) is 0 Å². The summed E-state index contributed by atoms with van der Waals surface area (Å²) >= 11 is 0. The Balaban J connectivity index is 1.94. The summed E-state index contributed by atoms with van der Waals surface area (Å²) in [6.45, 7) is 6.25. The second kappa shape index (κ2) is 10.6. The molecule has 0 aliphatic heterocycles. The first-order valence-corrected chi connectivity index (χ1v) is 10.1. The SMILES string of the molecule is CCN(CC)C(=O)CN(C)C(=O)COC(=O)[C@@H](C)c1ccc2cc(OC)ccc2c1. The Morgan fingerprint density at radius 1 is 0.967 bits per heavy atom. The number of esters is 1. The lowest BCUT2D eigenvalue weighted by Crippen LogP contribution is -2.42. The molecule has 0 N–H and O–H groups in total. The van der Waals surface area contributed by atoms with Crippen molar-refractivity contribution in [1.29, 1.82) is 0 Å². The molecule has 0 aliphatic rings. The van der Waals surface area contributed by atoms with E-state index in [4.69, 9.17) is 9.47 Å². The van der Waals surface area contributed by atoms with Crippen LogP contribution in [0.1, 0.15) is 32.3 Å². The normalized spacial score (nSPS) is 11.6. The van der Waals surface area contributed by atoms with Crippen molar-refractivity contribution in [2.75, 3.05) is 40.4 Å². The lowest BCUT2D eigenvalue weighted by molar-refractivity contribution is -0.153. The number of hydrogen-bond acceptors (Lipinski definition) is 5. The van der Waals surface area contributed by atoms with Crippen LogP contribution in [0.4, 0.5) is 0 Å². The van der Waals surface area contributed by atoms with Crippen LogP contribution in [0.5, 0.6) is 5.75 Å². The maximum atomic E-state index is 12.4. The van der Waals surface area contributed by atoms with E-state index in [2.05, 4.69) is 0 Å². The van der Waals surface area contributed by atoms with E-state index in [1.54, 1.807) is 18.9 Å². The highest BCUT2D eigenvalue weighted by Crippen LogP contribution is 2.25. The van der Waals surface area contributed by atoms with Gasteiger partial charge in [-0.25, -0.2) is 0 Å². The van der Waals surface area contributed by atoms with Crippen LogP contribution in [-0.2, 0) is 19.1 Å². The third kappa shape index (κ3) is 5.72. The molecule has 0 unspecified atom stereocenters. The molecule has 2 amide bonds. The van der Waals surface area contributed by atoms with Gasteiger partial charge in [0, 0.05) is 20.1 Å². The number of benzene rings is 2. The van der Waals surface area contributed by atoms with Crippen molar-refractivity contribution in [2.45, 2.75) is 26.7 Å². The number of hydrogen-bond donors (Lipinski definition) is 0. The smallest absolute Gasteiger partial charge is 0.313 e. The number of fused-ring (bicyclic) bond motifs is 1. The zero-order valence-corrected chi connectivity index (χ0v) is 18.3. The van der Waals surface area contributed by atoms with Gasteiger partial charge in [0.05, 0.1) is 19.6 Å². The summed E-state index contributed by atoms with van der Waals surface area (Å²) in [5.41, 5.74) is 0.801. The van der Waals surface area contributed by atoms with Crippen LogP contribution >= 0.6 is 0 Å². The van der Waals surface area contributed by atoms with Gasteiger partial charge in [0.25, 0.3) is 5.91 Å². The first-order valence-electron chi connectivity index (χ1n) is 10.1. The maximum absolute atomic E-state index is 12.4. The monoisotopic (exact) mass is 414 g/mol. The minimum absolute atomic E-state index is 0.0399. The molecular weight excluding hydrogens is 384 g/mol. The molecule has 162 valence electrons. The van der Waals surface area contributed by atoms with Crippen molar-refractivity contribution in [3.05, 3.63) is 42.0 Å². The summed E-state index contributed by atoms with van der Waals surface area (Å²) < 4.78 is 10.4. The van der Waals surface area contributed by atoms with Gasteiger partial charge in [0.15, 0.2) is 6.61 Å². The summed E-state index contributed by atoms with van der Waals surface area (Å²) in [6.07, 6.45) is 0. The van der Waals surface area contributed by atoms with E-state index in [-0.39, 0.29) is 12.5 Å². The minimum atomic E-state index is -0.521. The van der Waals surface area contributed by atoms with Gasteiger partial charge in [-0.3, -0.25) is 14.4 Å². The molecule has 1 atom stereocenters. The average molecular weight is 415 g/mol. The van der Waals surface area contributed by atoms with Crippen LogP contribution < -0.4 is 4.74 Å². The molecule has 0 spiro atoms. The van der Waals surface area contributed by atoms with E-state index in [1.807, 2.05) is 50.2 Å². The Labute approximate surface area is 177 Å². The number of carbonyl (C=O) groups excluding carboxylic acids is 3. The van der Waals surface area contributed by atoms with Crippen LogP contribution in [0, 0.1) is 0 Å². The topological polar surface area (TPSA) is 76.2 Å². The Bertz CT molecular complexity index is 908. The molecule has 0 saturated carbocycles. The fraction of sp³-hybridized carbons (Fsp3) is 0.435. The summed E-state index contributed by atoms with van der Waals surface area (Å²) in [4.78, 5) is 39.7. The van der Waals surface area contributed by atoms with E-state index in [0.717, 1.165) is 22.1 Å². The Hall–Kier alpha value is -3.09. The highest BCUT2D eigenvalue weighted by molar-refractivity contribution is 5.88. The molecule has 0 radical (unpaired) electrons. The molecule has 0 aromatic heterocycles. The average Bonchev–Trinajstić information content (AvgIpc) is 2.76. The summed E-state index contributed by atoms with van der Waals surface area (Å²) in [5, 5.41) is 1.99. The van der Waals surface area contributed by atoms with Gasteiger partial charge in [-0.2, -0.15) is 0 Å². The van der Waals surface area contributed by atoms with Crippen molar-refractivity contribution in [2.24, 2.45) is 0 Å². The molecule has 2 aromatic rings. The fourth-order valence-corrected chi connectivity index (χ4v) is 3.11. The van der Waals surface area contributed by atoms with Gasteiger partial charge in [-0.1, -0.05) is 24.3 Å². The van der Waals surface area contributed by atoms with Crippen molar-refractivity contribution in [3.8, 4) is 5.75 Å². The van der Waals surface area contributed by atoms with E-state index < -0.39 is 24.4 Å². The number of methoxy groups -OCH3 is 1. The molecule has 7 nitrogen and oxygen atoms in total. The predicted octanol–water partition coefficient (Wildman–Crippen LogP) is 2.82. The number of carbonyl (C=O) groups is 3. The van der Waals surface area contributed by atoms with Gasteiger partial charge in [0.1, 0.15) is 5.75 Å². The molecule has 0 saturated heterocycles. The van der Waals surface area contributed by atoms with Crippen LogP contribution in [0.25, 0.3) is 10.8 Å². The van der Waals surface area contributed by atoms with Gasteiger partial charge >= 0.3 is 5.97 Å². The molecule has 2 rings (SSSR count). The van der Waals surface area contributed by atoms with E-state index in [9.17, 15) is 14.4 Å². The second-order valence-electron chi connectivity index (χ2n) is 7.12. The molecule has 0 aliphatic carbocycles. The molecule has 0 heterocycles. The predicted molar refractivity (Wildman–Crippen MR) is 115 cm³/mol. The molecule has 30 heavy (non-hydrogen) atoms. The maximum Gasteiger partial charge on any atom is 0.313 e. The largest absolute Gasteiger partial charge is 0.497 e. The Morgan fingerprint density at radius 3 is 2.23 bits per heavy atom. The number of rotatable bonds is 9. The molecule has 0 fully saturated rings. The van der Waals surface area contributed by atoms with E-state index in [0.29, 0.717) is 13.1 Å². The third-order valence-electron chi connectivity index (χ3n) is 5.18. The van der Waals surface area contributed by atoms with Crippen molar-refractivity contribution < 1.29 is 23.9 Å². The number of amides is 2. The van der Waals surface area contributed by atoms with Gasteiger partial charge in [0.2, 0.25) is 5.91 Å². The van der Waals surface area contributed by atoms with E-state index >= 15 is 0 Å². The Morgan fingerprint density at radius 2 is 1.60 bits per heavy atom. The number of nitrogens with zero attached hydrogens (tertiary/aromatic N) is 2. The van der Waals surface area contributed by atoms with Crippen LogP contribution in [0.3, 0.4) is 0 Å². The van der Waals surface area contributed by atoms with E-state index in [1.165, 1.54) is 11.9 Å². The van der Waals surface area contributed by atoms with Crippen LogP contribution in [0.15, 0.2) is 36.4 Å². The zero-order valence-electron chi connectivity index (χ0n) is 18.3. The first-order chi connectivity index (χ1) is 14.3. The lowest BCUT2D eigenvalue weighted by atomic mass is 9.98. The second-order valence-corrected chi connectivity index (χ2v) is 7.12. The highest BCUT2D eigenvalue weighted by atomic mass is 16.5. The van der Waals surface area contributed by atoms with Gasteiger partial charge in [-0.15, -0.1) is 0 Å². The molecule has 2 aromatic carbocycles. The fourth-order valence-electron chi connectivity index (χ4n) is 3.11. The minimum Gasteiger partial charge on any atom is -0.497 e.